The number of hydrogen-bond acceptors (Lipinski definition) is 7. The third kappa shape index (κ3) is 2.87. The van der Waals surface area contributed by atoms with E-state index in [2.05, 4.69) is 24.7 Å². The summed E-state index contributed by atoms with van der Waals surface area (Å²) >= 11 is 0. The van der Waals surface area contributed by atoms with Crippen molar-refractivity contribution in [2.24, 2.45) is 9.98 Å². The van der Waals surface area contributed by atoms with Gasteiger partial charge in [0.2, 0.25) is 11.9 Å². The minimum absolute atomic E-state index is 0.0372. The lowest BCUT2D eigenvalue weighted by atomic mass is 10.1. The van der Waals surface area contributed by atoms with Crippen LogP contribution in [0.5, 0.6) is 0 Å². The number of anilines is 2. The Kier molecular flexibility index (Phi) is 4.53. The van der Waals surface area contributed by atoms with Crippen molar-refractivity contribution in [2.75, 3.05) is 11.9 Å². The monoisotopic (exact) mass is 472 g/mol. The lowest BCUT2D eigenvalue weighted by molar-refractivity contribution is -0.133. The van der Waals surface area contributed by atoms with Crippen molar-refractivity contribution in [3.8, 4) is 0 Å². The Morgan fingerprint density at radius 2 is 1.47 bits per heavy atom. The van der Waals surface area contributed by atoms with Gasteiger partial charge in [0, 0.05) is 12.7 Å². The molecule has 11 nitrogen and oxygen atoms in total. The van der Waals surface area contributed by atoms with Crippen LogP contribution >= 0.6 is 0 Å². The average Bonchev–Trinajstić information content (AvgIpc) is 3.13. The van der Waals surface area contributed by atoms with Crippen molar-refractivity contribution >= 4 is 63.7 Å². The van der Waals surface area contributed by atoms with Crippen LogP contribution in [-0.4, -0.2) is 57.2 Å². The number of benzene rings is 2. The third-order valence-electron chi connectivity index (χ3n) is 5.95. The van der Waals surface area contributed by atoms with E-state index >= 15 is 0 Å². The van der Waals surface area contributed by atoms with Gasteiger partial charge in [-0.25, -0.2) is 4.99 Å². The van der Waals surface area contributed by atoms with E-state index < -0.39 is 18.0 Å². The van der Waals surface area contributed by atoms with Gasteiger partial charge >= 0.3 is 11.6 Å². The second kappa shape index (κ2) is 7.75. The molecule has 2 aromatic carbocycles. The standard InChI is InChI=1S/C25H14N9O2/c1-26-18-19(27-2)31-23-22(30-18)33(14-10-6-4-7-11-14)20-21(34(23)15-12-8-5-9-13-15)29-17-16(28-20)24(35)32(3)25(17)36/h4-13,20H,3H3/q+1. The molecule has 1 fully saturated rings. The molecule has 0 spiro atoms. The number of aromatic nitrogens is 2. The average molecular weight is 472 g/mol. The molecule has 0 bridgehead atoms. The maximum atomic E-state index is 12.8. The molecule has 4 heterocycles. The zero-order chi connectivity index (χ0) is 25.0. The molecule has 3 aromatic rings. The fraction of sp³-hybridized carbons (Fsp3) is 0.0800. The van der Waals surface area contributed by atoms with E-state index in [-0.39, 0.29) is 34.7 Å². The quantitative estimate of drug-likeness (QED) is 0.324. The number of rotatable bonds is 2. The molecule has 6 rings (SSSR count). The first kappa shape index (κ1) is 21.0. The summed E-state index contributed by atoms with van der Waals surface area (Å²) < 4.78 is 1.66. The molecule has 0 radical (unpaired) electrons. The Balaban J connectivity index is 1.75. The number of hydrogen-bond donors (Lipinski definition) is 0. The molecule has 0 aliphatic carbocycles. The zero-order valence-corrected chi connectivity index (χ0v) is 18.7. The largest absolute Gasteiger partial charge is 0.378 e. The Morgan fingerprint density at radius 1 is 0.861 bits per heavy atom. The molecule has 1 aromatic heterocycles. The number of para-hydroxylation sites is 2. The van der Waals surface area contributed by atoms with E-state index in [4.69, 9.17) is 18.1 Å². The van der Waals surface area contributed by atoms with Crippen molar-refractivity contribution in [3.05, 3.63) is 83.5 Å². The summed E-state index contributed by atoms with van der Waals surface area (Å²) in [4.78, 5) is 53.5. The smallest absolute Gasteiger partial charge is 0.322 e. The number of nitrogens with zero attached hydrogens (tertiary/aromatic N) is 9. The fourth-order valence-electron chi connectivity index (χ4n) is 4.29. The number of amidine groups is 1. The molecule has 1 saturated heterocycles. The summed E-state index contributed by atoms with van der Waals surface area (Å²) in [6.07, 6.45) is -0.895. The Bertz CT molecular complexity index is 1660. The van der Waals surface area contributed by atoms with Gasteiger partial charge in [0.15, 0.2) is 5.71 Å². The summed E-state index contributed by atoms with van der Waals surface area (Å²) in [5.41, 5.74) is 1.20. The minimum atomic E-state index is -0.895. The molecule has 0 N–H and O–H groups in total. The number of amides is 2. The van der Waals surface area contributed by atoms with Gasteiger partial charge in [-0.15, -0.1) is 9.97 Å². The number of aliphatic imine (C=N–C) groups is 2. The van der Waals surface area contributed by atoms with E-state index in [1.165, 1.54) is 7.05 Å². The van der Waals surface area contributed by atoms with E-state index in [0.717, 1.165) is 4.90 Å². The summed E-state index contributed by atoms with van der Waals surface area (Å²) in [5, 5.41) is 0. The van der Waals surface area contributed by atoms with Crippen molar-refractivity contribution in [3.63, 3.8) is 0 Å². The van der Waals surface area contributed by atoms with E-state index in [1.807, 2.05) is 60.7 Å². The molecule has 3 aliphatic rings. The van der Waals surface area contributed by atoms with Crippen LogP contribution in [0, 0.1) is 13.1 Å². The zero-order valence-electron chi connectivity index (χ0n) is 18.7. The SMILES string of the molecule is [C-]#[N+]c1nc2c(nc1[N+]#[C-])[N+](c1ccccc1)=C1N=C3C(=O)N(C)C(=O)C3=NC1N2c1ccccc1. The molecular weight excluding hydrogens is 458 g/mol. The highest BCUT2D eigenvalue weighted by atomic mass is 16.2. The van der Waals surface area contributed by atoms with Gasteiger partial charge in [0.1, 0.15) is 5.69 Å². The molecule has 0 saturated carbocycles. The van der Waals surface area contributed by atoms with Crippen molar-refractivity contribution in [2.45, 2.75) is 6.17 Å². The fourth-order valence-corrected chi connectivity index (χ4v) is 4.29. The van der Waals surface area contributed by atoms with E-state index in [1.54, 1.807) is 9.48 Å². The normalized spacial score (nSPS) is 18.0. The molecule has 170 valence electrons. The molecule has 3 aliphatic heterocycles. The topological polar surface area (TPSA) is 103 Å². The summed E-state index contributed by atoms with van der Waals surface area (Å²) in [6.45, 7) is 15.1. The summed E-state index contributed by atoms with van der Waals surface area (Å²) in [6, 6.07) is 18.3. The second-order valence-electron chi connectivity index (χ2n) is 7.96. The summed E-state index contributed by atoms with van der Waals surface area (Å²) in [7, 11) is 1.38. The Labute approximate surface area is 204 Å². The predicted octanol–water partition coefficient (Wildman–Crippen LogP) is 3.18. The minimum Gasteiger partial charge on any atom is -0.378 e. The molecular formula is C25H14N9O2+. The second-order valence-corrected chi connectivity index (χ2v) is 7.96. The van der Waals surface area contributed by atoms with Gasteiger partial charge in [-0.1, -0.05) is 54.5 Å². The van der Waals surface area contributed by atoms with Crippen molar-refractivity contribution < 1.29 is 9.59 Å². The third-order valence-corrected chi connectivity index (χ3v) is 5.95. The maximum Gasteiger partial charge on any atom is 0.322 e. The van der Waals surface area contributed by atoms with Crippen LogP contribution in [0.15, 0.2) is 70.6 Å². The Hall–Kier alpha value is -5.55. The maximum absolute atomic E-state index is 12.8. The first-order valence-corrected chi connectivity index (χ1v) is 10.8. The summed E-state index contributed by atoms with van der Waals surface area (Å²) in [5.74, 6) is -0.566. The number of likely N-dealkylation sites (tertiary alicyclic amines) is 1. The highest BCUT2D eigenvalue weighted by Gasteiger charge is 2.52. The van der Waals surface area contributed by atoms with Crippen LogP contribution in [0.25, 0.3) is 9.69 Å². The molecule has 2 amide bonds. The van der Waals surface area contributed by atoms with Crippen LogP contribution in [0.3, 0.4) is 0 Å². The van der Waals surface area contributed by atoms with Crippen molar-refractivity contribution in [1.29, 1.82) is 0 Å². The lowest BCUT2D eigenvalue weighted by Gasteiger charge is -2.32. The van der Waals surface area contributed by atoms with Gasteiger partial charge in [-0.05, 0) is 24.3 Å². The van der Waals surface area contributed by atoms with Gasteiger partial charge in [0.05, 0.1) is 0 Å². The first-order valence-electron chi connectivity index (χ1n) is 10.8. The van der Waals surface area contributed by atoms with Crippen LogP contribution in [-0.2, 0) is 9.59 Å². The first-order chi connectivity index (χ1) is 17.5. The van der Waals surface area contributed by atoms with Gasteiger partial charge < -0.3 is 9.69 Å². The van der Waals surface area contributed by atoms with E-state index in [9.17, 15) is 9.59 Å². The highest BCUT2D eigenvalue weighted by Crippen LogP contribution is 2.43. The van der Waals surface area contributed by atoms with Crippen molar-refractivity contribution in [1.82, 2.24) is 19.4 Å². The van der Waals surface area contributed by atoms with E-state index in [0.29, 0.717) is 17.2 Å². The predicted molar refractivity (Wildman–Crippen MR) is 132 cm³/mol. The highest BCUT2D eigenvalue weighted by molar-refractivity contribution is 6.87. The Morgan fingerprint density at radius 3 is 2.14 bits per heavy atom. The number of fused-ring (bicyclic) bond motifs is 3. The van der Waals surface area contributed by atoms with Crippen LogP contribution < -0.4 is 9.48 Å². The molecule has 11 heteroatoms. The van der Waals surface area contributed by atoms with Gasteiger partial charge in [-0.3, -0.25) is 19.4 Å². The van der Waals surface area contributed by atoms with Gasteiger partial charge in [0.25, 0.3) is 29.3 Å². The molecule has 1 atom stereocenters. The van der Waals surface area contributed by atoms with Crippen LogP contribution in [0.1, 0.15) is 0 Å². The lowest BCUT2D eigenvalue weighted by Crippen LogP contribution is -2.48. The van der Waals surface area contributed by atoms with Crippen LogP contribution in [0.2, 0.25) is 0 Å². The molecule has 36 heavy (non-hydrogen) atoms. The van der Waals surface area contributed by atoms with Crippen LogP contribution in [0.4, 0.5) is 34.6 Å². The number of carbonyl (C=O) groups is 2. The van der Waals surface area contributed by atoms with Gasteiger partial charge in [-0.2, -0.15) is 4.58 Å². The molecule has 1 unspecified atom stereocenters. The number of imide groups is 1. The number of carbonyl (C=O) groups excluding carboxylic acids is 2.